The van der Waals surface area contributed by atoms with E-state index in [-0.39, 0.29) is 4.90 Å². The first kappa shape index (κ1) is 20.6. The van der Waals surface area contributed by atoms with Crippen molar-refractivity contribution in [3.63, 3.8) is 0 Å². The zero-order valence-electron chi connectivity index (χ0n) is 15.2. The minimum absolute atomic E-state index is 0.0999. The lowest BCUT2D eigenvalue weighted by Gasteiger charge is -2.09. The van der Waals surface area contributed by atoms with Gasteiger partial charge in [0.1, 0.15) is 0 Å². The van der Waals surface area contributed by atoms with Crippen LogP contribution in [0.5, 0.6) is 0 Å². The second kappa shape index (κ2) is 9.29. The van der Waals surface area contributed by atoms with Crippen LogP contribution in [0, 0.1) is 0 Å². The molecule has 2 aromatic carbocycles. The molecule has 0 aliphatic heterocycles. The molecule has 0 saturated carbocycles. The highest BCUT2D eigenvalue weighted by molar-refractivity contribution is 7.89. The Bertz CT molecular complexity index is 908. The fourth-order valence-electron chi connectivity index (χ4n) is 2.30. The fraction of sp³-hybridized carbons (Fsp3) is 0.263. The standard InChI is InChI=1S/C19H22N2O5S/c1-3-4-12-20-27(24,25)17-10-8-14(9-11-17)18(22)21-16-7-5-6-15(13-16)19(23)26-2/h5-11,13,20H,3-4,12H2,1-2H3,(H,21,22). The molecular formula is C19H22N2O5S. The maximum absolute atomic E-state index is 12.3. The molecule has 27 heavy (non-hydrogen) atoms. The van der Waals surface area contributed by atoms with Crippen LogP contribution in [-0.4, -0.2) is 33.9 Å². The molecule has 8 heteroatoms. The molecule has 0 atom stereocenters. The van der Waals surface area contributed by atoms with Crippen molar-refractivity contribution in [1.82, 2.24) is 4.72 Å². The van der Waals surface area contributed by atoms with Gasteiger partial charge in [0, 0.05) is 17.8 Å². The summed E-state index contributed by atoms with van der Waals surface area (Å²) >= 11 is 0. The first-order valence-electron chi connectivity index (χ1n) is 8.47. The predicted octanol–water partition coefficient (Wildman–Crippen LogP) is 2.80. The lowest BCUT2D eigenvalue weighted by atomic mass is 10.1. The summed E-state index contributed by atoms with van der Waals surface area (Å²) < 4.78 is 31.5. The summed E-state index contributed by atoms with van der Waals surface area (Å²) in [6.07, 6.45) is 1.64. The number of hydrogen-bond donors (Lipinski definition) is 2. The van der Waals surface area contributed by atoms with Gasteiger partial charge >= 0.3 is 5.97 Å². The molecule has 0 aromatic heterocycles. The fourth-order valence-corrected chi connectivity index (χ4v) is 3.37. The average molecular weight is 390 g/mol. The number of benzene rings is 2. The number of esters is 1. The van der Waals surface area contributed by atoms with E-state index in [1.54, 1.807) is 18.2 Å². The third kappa shape index (κ3) is 5.63. The number of carbonyl (C=O) groups excluding carboxylic acids is 2. The third-order valence-electron chi connectivity index (χ3n) is 3.79. The van der Waals surface area contributed by atoms with Crippen LogP contribution >= 0.6 is 0 Å². The molecule has 0 aliphatic rings. The van der Waals surface area contributed by atoms with Crippen molar-refractivity contribution in [2.75, 3.05) is 19.0 Å². The Hall–Kier alpha value is -2.71. The Labute approximate surface area is 158 Å². The normalized spacial score (nSPS) is 11.0. The van der Waals surface area contributed by atoms with E-state index in [0.717, 1.165) is 12.8 Å². The van der Waals surface area contributed by atoms with Crippen LogP contribution in [0.4, 0.5) is 5.69 Å². The highest BCUT2D eigenvalue weighted by Crippen LogP contribution is 2.15. The minimum atomic E-state index is -3.59. The highest BCUT2D eigenvalue weighted by Gasteiger charge is 2.15. The molecule has 0 fully saturated rings. The van der Waals surface area contributed by atoms with E-state index in [1.165, 1.54) is 37.4 Å². The number of nitrogens with one attached hydrogen (secondary N) is 2. The van der Waals surface area contributed by atoms with Gasteiger partial charge in [-0.25, -0.2) is 17.9 Å². The third-order valence-corrected chi connectivity index (χ3v) is 5.27. The molecule has 0 saturated heterocycles. The Morgan fingerprint density at radius 1 is 1.04 bits per heavy atom. The topological polar surface area (TPSA) is 102 Å². The van der Waals surface area contributed by atoms with Gasteiger partial charge in [-0.2, -0.15) is 0 Å². The lowest BCUT2D eigenvalue weighted by Crippen LogP contribution is -2.24. The molecular weight excluding hydrogens is 368 g/mol. The summed E-state index contributed by atoms with van der Waals surface area (Å²) in [5, 5.41) is 2.67. The van der Waals surface area contributed by atoms with Gasteiger partial charge in [0.05, 0.1) is 17.6 Å². The number of unbranched alkanes of at least 4 members (excludes halogenated alkanes) is 1. The van der Waals surface area contributed by atoms with Crippen LogP contribution in [0.15, 0.2) is 53.4 Å². The number of carbonyl (C=O) groups is 2. The first-order valence-corrected chi connectivity index (χ1v) is 9.95. The second-order valence-corrected chi connectivity index (χ2v) is 7.57. The van der Waals surface area contributed by atoms with E-state index in [9.17, 15) is 18.0 Å². The number of rotatable bonds is 8. The Balaban J connectivity index is 2.09. The molecule has 0 aliphatic carbocycles. The van der Waals surface area contributed by atoms with Gasteiger partial charge in [-0.3, -0.25) is 4.79 Å². The zero-order chi connectivity index (χ0) is 19.9. The van der Waals surface area contributed by atoms with Gasteiger partial charge in [-0.15, -0.1) is 0 Å². The van der Waals surface area contributed by atoms with Crippen LogP contribution in [0.2, 0.25) is 0 Å². The van der Waals surface area contributed by atoms with Gasteiger partial charge in [-0.1, -0.05) is 19.4 Å². The molecule has 0 spiro atoms. The summed E-state index contributed by atoms with van der Waals surface area (Å²) in [4.78, 5) is 24.0. The van der Waals surface area contributed by atoms with Crippen molar-refractivity contribution in [2.24, 2.45) is 0 Å². The molecule has 0 bridgehead atoms. The Morgan fingerprint density at radius 2 is 1.74 bits per heavy atom. The van der Waals surface area contributed by atoms with Crippen LogP contribution in [-0.2, 0) is 14.8 Å². The first-order chi connectivity index (χ1) is 12.9. The van der Waals surface area contributed by atoms with Crippen LogP contribution < -0.4 is 10.0 Å². The van der Waals surface area contributed by atoms with Crippen molar-refractivity contribution in [3.05, 3.63) is 59.7 Å². The molecule has 0 heterocycles. The average Bonchev–Trinajstić information content (AvgIpc) is 2.67. The quantitative estimate of drug-likeness (QED) is 0.533. The number of hydrogen-bond acceptors (Lipinski definition) is 5. The molecule has 2 rings (SSSR count). The van der Waals surface area contributed by atoms with Crippen molar-refractivity contribution in [1.29, 1.82) is 0 Å². The maximum Gasteiger partial charge on any atom is 0.337 e. The maximum atomic E-state index is 12.3. The van der Waals surface area contributed by atoms with Crippen molar-refractivity contribution in [3.8, 4) is 0 Å². The molecule has 1 amide bonds. The van der Waals surface area contributed by atoms with E-state index in [1.807, 2.05) is 6.92 Å². The predicted molar refractivity (Wildman–Crippen MR) is 102 cm³/mol. The van der Waals surface area contributed by atoms with Gasteiger partial charge < -0.3 is 10.1 Å². The summed E-state index contributed by atoms with van der Waals surface area (Å²) in [5.74, 6) is -0.920. The van der Waals surface area contributed by atoms with E-state index in [0.29, 0.717) is 23.4 Å². The molecule has 7 nitrogen and oxygen atoms in total. The molecule has 2 N–H and O–H groups in total. The minimum Gasteiger partial charge on any atom is -0.465 e. The van der Waals surface area contributed by atoms with E-state index in [4.69, 9.17) is 0 Å². The number of sulfonamides is 1. The Kier molecular flexibility index (Phi) is 7.09. The summed E-state index contributed by atoms with van der Waals surface area (Å²) in [5.41, 5.74) is 1.04. The van der Waals surface area contributed by atoms with Crippen molar-refractivity contribution < 1.29 is 22.7 Å². The van der Waals surface area contributed by atoms with Crippen molar-refractivity contribution >= 4 is 27.6 Å². The molecule has 0 unspecified atom stereocenters. The molecule has 144 valence electrons. The van der Waals surface area contributed by atoms with Gasteiger partial charge in [0.25, 0.3) is 5.91 Å². The van der Waals surface area contributed by atoms with Crippen LogP contribution in [0.1, 0.15) is 40.5 Å². The van der Waals surface area contributed by atoms with E-state index < -0.39 is 21.9 Å². The monoisotopic (exact) mass is 390 g/mol. The van der Waals surface area contributed by atoms with Gasteiger partial charge in [0.2, 0.25) is 10.0 Å². The number of methoxy groups -OCH3 is 1. The summed E-state index contributed by atoms with van der Waals surface area (Å²) in [6.45, 7) is 2.35. The van der Waals surface area contributed by atoms with Crippen LogP contribution in [0.3, 0.4) is 0 Å². The number of amides is 1. The summed E-state index contributed by atoms with van der Waals surface area (Å²) in [6, 6.07) is 12.0. The second-order valence-electron chi connectivity index (χ2n) is 5.80. The highest BCUT2D eigenvalue weighted by atomic mass is 32.2. The lowest BCUT2D eigenvalue weighted by molar-refractivity contribution is 0.0600. The van der Waals surface area contributed by atoms with E-state index >= 15 is 0 Å². The molecule has 2 aromatic rings. The smallest absolute Gasteiger partial charge is 0.337 e. The number of anilines is 1. The zero-order valence-corrected chi connectivity index (χ0v) is 16.0. The SMILES string of the molecule is CCCCNS(=O)(=O)c1ccc(C(=O)Nc2cccc(C(=O)OC)c2)cc1. The molecule has 0 radical (unpaired) electrons. The van der Waals surface area contributed by atoms with Gasteiger partial charge in [-0.05, 0) is 48.9 Å². The van der Waals surface area contributed by atoms with E-state index in [2.05, 4.69) is 14.8 Å². The summed E-state index contributed by atoms with van der Waals surface area (Å²) in [7, 11) is -2.31. The van der Waals surface area contributed by atoms with Crippen molar-refractivity contribution in [2.45, 2.75) is 24.7 Å². The number of ether oxygens (including phenoxy) is 1. The van der Waals surface area contributed by atoms with Crippen LogP contribution in [0.25, 0.3) is 0 Å². The Morgan fingerprint density at radius 3 is 2.37 bits per heavy atom. The largest absolute Gasteiger partial charge is 0.465 e. The van der Waals surface area contributed by atoms with Gasteiger partial charge in [0.15, 0.2) is 0 Å².